The molecule has 3 aromatic heterocycles. The summed E-state index contributed by atoms with van der Waals surface area (Å²) in [6.45, 7) is 3.42. The largest absolute Gasteiger partial charge is 0.492 e. The Hall–Kier alpha value is -2.25. The summed E-state index contributed by atoms with van der Waals surface area (Å²) < 4.78 is 7.95. The average molecular weight is 341 g/mol. The van der Waals surface area contributed by atoms with Gasteiger partial charge in [0.15, 0.2) is 0 Å². The minimum Gasteiger partial charge on any atom is -0.492 e. The molecule has 0 aliphatic carbocycles. The van der Waals surface area contributed by atoms with E-state index in [2.05, 4.69) is 30.7 Å². The Balaban J connectivity index is 1.40. The van der Waals surface area contributed by atoms with Crippen LogP contribution in [0.2, 0.25) is 0 Å². The van der Waals surface area contributed by atoms with Crippen LogP contribution in [0, 0.1) is 0 Å². The highest BCUT2D eigenvalue weighted by Gasteiger charge is 2.25. The summed E-state index contributed by atoms with van der Waals surface area (Å²) in [4.78, 5) is 10.9. The van der Waals surface area contributed by atoms with Gasteiger partial charge in [-0.25, -0.2) is 4.98 Å². The number of hydrogen-bond donors (Lipinski definition) is 0. The van der Waals surface area contributed by atoms with E-state index in [-0.39, 0.29) is 0 Å². The number of hydrogen-bond acceptors (Lipinski definition) is 6. The van der Waals surface area contributed by atoms with Gasteiger partial charge < -0.3 is 4.74 Å². The maximum Gasteiger partial charge on any atom is 0.137 e. The number of rotatable bonds is 6. The van der Waals surface area contributed by atoms with Gasteiger partial charge in [0.1, 0.15) is 10.8 Å². The fourth-order valence-corrected chi connectivity index (χ4v) is 3.72. The van der Waals surface area contributed by atoms with Crippen molar-refractivity contribution in [3.63, 3.8) is 0 Å². The summed E-state index contributed by atoms with van der Waals surface area (Å²) in [5, 5.41) is 7.70. The molecular formula is C17H19N5OS. The van der Waals surface area contributed by atoms with Crippen LogP contribution in [0.15, 0.2) is 48.4 Å². The quantitative estimate of drug-likeness (QED) is 0.690. The van der Waals surface area contributed by atoms with E-state index in [0.717, 1.165) is 36.8 Å². The first-order chi connectivity index (χ1) is 11.9. The van der Waals surface area contributed by atoms with Gasteiger partial charge in [-0.2, -0.15) is 5.10 Å². The van der Waals surface area contributed by atoms with Gasteiger partial charge in [0, 0.05) is 43.5 Å². The van der Waals surface area contributed by atoms with Crippen molar-refractivity contribution in [2.24, 2.45) is 0 Å². The minimum atomic E-state index is 0.320. The fourth-order valence-electron chi connectivity index (χ4n) is 3.07. The molecule has 0 aromatic carbocycles. The zero-order chi connectivity index (χ0) is 16.2. The summed E-state index contributed by atoms with van der Waals surface area (Å²) in [7, 11) is 0. The Kier molecular flexibility index (Phi) is 4.53. The molecule has 124 valence electrons. The number of pyridine rings is 1. The van der Waals surface area contributed by atoms with E-state index in [1.807, 2.05) is 29.9 Å². The van der Waals surface area contributed by atoms with Gasteiger partial charge in [-0.05, 0) is 18.2 Å². The zero-order valence-corrected chi connectivity index (χ0v) is 14.1. The van der Waals surface area contributed by atoms with Crippen LogP contribution in [0.3, 0.4) is 0 Å². The predicted molar refractivity (Wildman–Crippen MR) is 91.8 cm³/mol. The van der Waals surface area contributed by atoms with Crippen LogP contribution in [0.25, 0.3) is 0 Å². The normalized spacial score (nSPS) is 17.6. The SMILES string of the molecule is c1cncc(OCC[C@H]2CN(Cc3nccs3)Cc3ccnn32)c1. The summed E-state index contributed by atoms with van der Waals surface area (Å²) in [5.41, 5.74) is 1.25. The second-order valence-corrected chi connectivity index (χ2v) is 6.82. The molecule has 7 heteroatoms. The average Bonchev–Trinajstić information content (AvgIpc) is 3.27. The Bertz CT molecular complexity index is 758. The van der Waals surface area contributed by atoms with Gasteiger partial charge in [0.05, 0.1) is 31.1 Å². The van der Waals surface area contributed by atoms with E-state index in [1.54, 1.807) is 23.7 Å². The minimum absolute atomic E-state index is 0.320. The van der Waals surface area contributed by atoms with Crippen LogP contribution in [0.5, 0.6) is 5.75 Å². The van der Waals surface area contributed by atoms with Crippen LogP contribution in [0.1, 0.15) is 23.2 Å². The molecule has 0 saturated heterocycles. The van der Waals surface area contributed by atoms with Gasteiger partial charge in [-0.15, -0.1) is 11.3 Å². The Morgan fingerprint density at radius 1 is 1.25 bits per heavy atom. The smallest absolute Gasteiger partial charge is 0.137 e. The molecule has 0 unspecified atom stereocenters. The first kappa shape index (κ1) is 15.3. The van der Waals surface area contributed by atoms with Gasteiger partial charge in [0.2, 0.25) is 0 Å². The highest BCUT2D eigenvalue weighted by Crippen LogP contribution is 2.25. The fraction of sp³-hybridized carbons (Fsp3) is 0.353. The summed E-state index contributed by atoms with van der Waals surface area (Å²) in [5.74, 6) is 0.814. The molecule has 0 bridgehead atoms. The lowest BCUT2D eigenvalue weighted by molar-refractivity contribution is 0.147. The van der Waals surface area contributed by atoms with Crippen molar-refractivity contribution in [3.05, 3.63) is 59.1 Å². The Morgan fingerprint density at radius 3 is 3.08 bits per heavy atom. The third kappa shape index (κ3) is 3.47. The molecule has 1 atom stereocenters. The first-order valence-electron chi connectivity index (χ1n) is 8.04. The molecule has 0 radical (unpaired) electrons. The van der Waals surface area contributed by atoms with E-state index in [0.29, 0.717) is 12.6 Å². The van der Waals surface area contributed by atoms with Crippen LogP contribution in [0.4, 0.5) is 0 Å². The summed E-state index contributed by atoms with van der Waals surface area (Å²) >= 11 is 1.71. The lowest BCUT2D eigenvalue weighted by Gasteiger charge is -2.33. The Labute approximate surface area is 144 Å². The number of aromatic nitrogens is 4. The standard InChI is InChI=1S/C17H19N5OS/c1-2-16(10-18-5-1)23-8-4-15-12-21(13-17-19-7-9-24-17)11-14-3-6-20-22(14)15/h1-3,5-7,9-10,15H,4,8,11-13H2/t15-/m0/s1. The number of ether oxygens (including phenoxy) is 1. The molecule has 6 nitrogen and oxygen atoms in total. The molecule has 0 N–H and O–H groups in total. The molecule has 0 amide bonds. The number of thiazole rings is 1. The second-order valence-electron chi connectivity index (χ2n) is 5.84. The molecule has 0 saturated carbocycles. The van der Waals surface area contributed by atoms with E-state index in [9.17, 15) is 0 Å². The van der Waals surface area contributed by atoms with E-state index in [4.69, 9.17) is 4.74 Å². The van der Waals surface area contributed by atoms with Crippen molar-refractivity contribution in [3.8, 4) is 5.75 Å². The Morgan fingerprint density at radius 2 is 2.25 bits per heavy atom. The van der Waals surface area contributed by atoms with Crippen LogP contribution in [-0.2, 0) is 13.1 Å². The molecule has 4 rings (SSSR count). The molecule has 0 fully saturated rings. The summed E-state index contributed by atoms with van der Waals surface area (Å²) in [6.07, 6.45) is 8.16. The maximum absolute atomic E-state index is 5.81. The molecule has 0 spiro atoms. The van der Waals surface area contributed by atoms with Crippen molar-refractivity contribution >= 4 is 11.3 Å². The van der Waals surface area contributed by atoms with Gasteiger partial charge >= 0.3 is 0 Å². The van der Waals surface area contributed by atoms with Crippen molar-refractivity contribution in [1.82, 2.24) is 24.6 Å². The molecule has 1 aliphatic rings. The number of nitrogens with zero attached hydrogens (tertiary/aromatic N) is 5. The maximum atomic E-state index is 5.81. The highest BCUT2D eigenvalue weighted by atomic mass is 32.1. The van der Waals surface area contributed by atoms with Gasteiger partial charge in [0.25, 0.3) is 0 Å². The van der Waals surface area contributed by atoms with Crippen LogP contribution in [-0.4, -0.2) is 37.8 Å². The molecule has 1 aliphatic heterocycles. The highest BCUT2D eigenvalue weighted by molar-refractivity contribution is 7.09. The van der Waals surface area contributed by atoms with Crippen LogP contribution >= 0.6 is 11.3 Å². The zero-order valence-electron chi connectivity index (χ0n) is 13.3. The third-order valence-electron chi connectivity index (χ3n) is 4.15. The van der Waals surface area contributed by atoms with Crippen molar-refractivity contribution in [2.75, 3.05) is 13.2 Å². The molecule has 4 heterocycles. The molecule has 24 heavy (non-hydrogen) atoms. The lowest BCUT2D eigenvalue weighted by Crippen LogP contribution is -2.37. The molecular weight excluding hydrogens is 322 g/mol. The van der Waals surface area contributed by atoms with E-state index >= 15 is 0 Å². The summed E-state index contributed by atoms with van der Waals surface area (Å²) in [6, 6.07) is 6.24. The molecule has 3 aromatic rings. The van der Waals surface area contributed by atoms with Crippen molar-refractivity contribution in [1.29, 1.82) is 0 Å². The van der Waals surface area contributed by atoms with Crippen LogP contribution < -0.4 is 4.74 Å². The monoisotopic (exact) mass is 341 g/mol. The topological polar surface area (TPSA) is 56.1 Å². The van der Waals surface area contributed by atoms with Gasteiger partial charge in [-0.3, -0.25) is 14.6 Å². The van der Waals surface area contributed by atoms with Crippen molar-refractivity contribution in [2.45, 2.75) is 25.6 Å². The van der Waals surface area contributed by atoms with E-state index in [1.165, 1.54) is 5.69 Å². The third-order valence-corrected chi connectivity index (χ3v) is 4.91. The predicted octanol–water partition coefficient (Wildman–Crippen LogP) is 2.76. The number of fused-ring (bicyclic) bond motifs is 1. The van der Waals surface area contributed by atoms with E-state index < -0.39 is 0 Å². The second kappa shape index (κ2) is 7.11. The first-order valence-corrected chi connectivity index (χ1v) is 8.92. The lowest BCUT2D eigenvalue weighted by atomic mass is 10.1. The van der Waals surface area contributed by atoms with Crippen molar-refractivity contribution < 1.29 is 4.74 Å². The van der Waals surface area contributed by atoms with Gasteiger partial charge in [-0.1, -0.05) is 0 Å².